The maximum Gasteiger partial charge on any atom is 0.229 e. The Balaban J connectivity index is 1.65. The summed E-state index contributed by atoms with van der Waals surface area (Å²) in [7, 11) is 0. The van der Waals surface area contributed by atoms with E-state index in [0.717, 1.165) is 37.4 Å². The predicted octanol–water partition coefficient (Wildman–Crippen LogP) is 3.49. The maximum atomic E-state index is 5.95. The summed E-state index contributed by atoms with van der Waals surface area (Å²) in [5.74, 6) is 2.82. The molecule has 0 bridgehead atoms. The summed E-state index contributed by atoms with van der Waals surface area (Å²) in [5, 5.41) is 4.26. The summed E-state index contributed by atoms with van der Waals surface area (Å²) in [6, 6.07) is 0.375. The minimum Gasteiger partial charge on any atom is -0.339 e. The van der Waals surface area contributed by atoms with Crippen LogP contribution in [0.2, 0.25) is 0 Å². The van der Waals surface area contributed by atoms with E-state index in [2.05, 4.69) is 5.16 Å². The fourth-order valence-electron chi connectivity index (χ4n) is 3.48. The van der Waals surface area contributed by atoms with E-state index in [1.807, 2.05) is 0 Å². The lowest BCUT2D eigenvalue weighted by atomic mass is 9.86. The molecule has 0 atom stereocenters. The Hall–Kier alpha value is -0.900. The van der Waals surface area contributed by atoms with Crippen LogP contribution in [0.5, 0.6) is 0 Å². The summed E-state index contributed by atoms with van der Waals surface area (Å²) < 4.78 is 5.53. The molecule has 3 rings (SSSR count). The molecule has 0 spiro atoms. The summed E-state index contributed by atoms with van der Waals surface area (Å²) in [4.78, 5) is 4.71. The molecule has 2 N–H and O–H groups in total. The average molecular weight is 263 g/mol. The summed E-state index contributed by atoms with van der Waals surface area (Å²) in [5.41, 5.74) is 5.95. The molecule has 1 aromatic heterocycles. The normalized spacial score (nSPS) is 30.2. The molecule has 0 saturated heterocycles. The van der Waals surface area contributed by atoms with E-state index in [0.29, 0.717) is 17.9 Å². The van der Waals surface area contributed by atoms with E-state index < -0.39 is 0 Å². The highest BCUT2D eigenvalue weighted by atomic mass is 16.5. The van der Waals surface area contributed by atoms with Gasteiger partial charge in [0.2, 0.25) is 5.89 Å². The summed E-state index contributed by atoms with van der Waals surface area (Å²) >= 11 is 0. The van der Waals surface area contributed by atoms with Gasteiger partial charge in [-0.25, -0.2) is 0 Å². The largest absolute Gasteiger partial charge is 0.339 e. The minimum atomic E-state index is 0.375. The Labute approximate surface area is 115 Å². The maximum absolute atomic E-state index is 5.95. The Kier molecular flexibility index (Phi) is 4.16. The smallest absolute Gasteiger partial charge is 0.229 e. The first-order valence-corrected chi connectivity index (χ1v) is 7.92. The summed E-state index contributed by atoms with van der Waals surface area (Å²) in [6.45, 7) is 0. The van der Waals surface area contributed by atoms with Crippen LogP contribution in [0.3, 0.4) is 0 Å². The molecule has 19 heavy (non-hydrogen) atoms. The molecule has 1 heterocycles. The quantitative estimate of drug-likeness (QED) is 0.829. The van der Waals surface area contributed by atoms with Crippen molar-refractivity contribution in [3.05, 3.63) is 11.7 Å². The molecule has 4 nitrogen and oxygen atoms in total. The van der Waals surface area contributed by atoms with E-state index in [4.69, 9.17) is 15.2 Å². The van der Waals surface area contributed by atoms with Gasteiger partial charge in [0, 0.05) is 17.9 Å². The molecular weight excluding hydrogens is 238 g/mol. The van der Waals surface area contributed by atoms with Crippen LogP contribution in [-0.2, 0) is 0 Å². The second-order valence-corrected chi connectivity index (χ2v) is 6.29. The fourth-order valence-corrected chi connectivity index (χ4v) is 3.48. The highest BCUT2D eigenvalue weighted by Gasteiger charge is 2.26. The van der Waals surface area contributed by atoms with Gasteiger partial charge in [-0.3, -0.25) is 0 Å². The summed E-state index contributed by atoms with van der Waals surface area (Å²) in [6.07, 6.45) is 12.2. The van der Waals surface area contributed by atoms with Crippen molar-refractivity contribution < 1.29 is 4.52 Å². The molecule has 4 heteroatoms. The zero-order valence-electron chi connectivity index (χ0n) is 11.7. The van der Waals surface area contributed by atoms with Crippen molar-refractivity contribution in [1.29, 1.82) is 0 Å². The predicted molar refractivity (Wildman–Crippen MR) is 73.9 cm³/mol. The molecule has 0 aromatic carbocycles. The Bertz CT molecular complexity index is 388. The highest BCUT2D eigenvalue weighted by molar-refractivity contribution is 5.01. The minimum absolute atomic E-state index is 0.375. The lowest BCUT2D eigenvalue weighted by molar-refractivity contribution is 0.298. The fraction of sp³-hybridized carbons (Fsp3) is 0.867. The second-order valence-electron chi connectivity index (χ2n) is 6.29. The van der Waals surface area contributed by atoms with Gasteiger partial charge in [-0.2, -0.15) is 4.98 Å². The van der Waals surface area contributed by atoms with Crippen LogP contribution in [0.4, 0.5) is 0 Å². The van der Waals surface area contributed by atoms with Gasteiger partial charge in [-0.05, 0) is 38.5 Å². The average Bonchev–Trinajstić information content (AvgIpc) is 2.76. The molecule has 1 aromatic rings. The SMILES string of the molecule is NC1CCC(c2nc(C3CCCCCC3)no2)CC1. The molecule has 2 aliphatic carbocycles. The molecule has 2 saturated carbocycles. The van der Waals surface area contributed by atoms with Gasteiger partial charge in [0.05, 0.1) is 0 Å². The first kappa shape index (κ1) is 13.1. The van der Waals surface area contributed by atoms with Crippen LogP contribution in [0, 0.1) is 0 Å². The van der Waals surface area contributed by atoms with Gasteiger partial charge in [-0.15, -0.1) is 0 Å². The van der Waals surface area contributed by atoms with Crippen molar-refractivity contribution in [3.8, 4) is 0 Å². The van der Waals surface area contributed by atoms with E-state index in [-0.39, 0.29) is 0 Å². The second kappa shape index (κ2) is 6.04. The van der Waals surface area contributed by atoms with E-state index in [9.17, 15) is 0 Å². The van der Waals surface area contributed by atoms with Crippen LogP contribution < -0.4 is 5.73 Å². The van der Waals surface area contributed by atoms with Crippen molar-refractivity contribution in [2.75, 3.05) is 0 Å². The monoisotopic (exact) mass is 263 g/mol. The number of nitrogens with zero attached hydrogens (tertiary/aromatic N) is 2. The van der Waals surface area contributed by atoms with Gasteiger partial charge in [0.25, 0.3) is 0 Å². The number of nitrogens with two attached hydrogens (primary N) is 1. The molecular formula is C15H25N3O. The molecule has 2 aliphatic rings. The van der Waals surface area contributed by atoms with Gasteiger partial charge < -0.3 is 10.3 Å². The Morgan fingerprint density at radius 3 is 2.21 bits per heavy atom. The standard InChI is InChI=1S/C15H25N3O/c16-13-9-7-12(8-10-13)15-17-14(18-19-15)11-5-3-1-2-4-6-11/h11-13H,1-10,16H2. The van der Waals surface area contributed by atoms with Crippen molar-refractivity contribution in [1.82, 2.24) is 10.1 Å². The van der Waals surface area contributed by atoms with Crippen LogP contribution in [0.1, 0.15) is 87.8 Å². The topological polar surface area (TPSA) is 64.9 Å². The van der Waals surface area contributed by atoms with Crippen molar-refractivity contribution in [2.24, 2.45) is 5.73 Å². The van der Waals surface area contributed by atoms with Crippen molar-refractivity contribution in [2.45, 2.75) is 82.1 Å². The van der Waals surface area contributed by atoms with E-state index in [1.165, 1.54) is 38.5 Å². The van der Waals surface area contributed by atoms with Crippen LogP contribution in [0.25, 0.3) is 0 Å². The number of hydrogen-bond acceptors (Lipinski definition) is 4. The van der Waals surface area contributed by atoms with E-state index >= 15 is 0 Å². The highest BCUT2D eigenvalue weighted by Crippen LogP contribution is 2.34. The Morgan fingerprint density at radius 2 is 1.53 bits per heavy atom. The van der Waals surface area contributed by atoms with Crippen molar-refractivity contribution in [3.63, 3.8) is 0 Å². The zero-order valence-corrected chi connectivity index (χ0v) is 11.7. The third-order valence-corrected chi connectivity index (χ3v) is 4.80. The van der Waals surface area contributed by atoms with Gasteiger partial charge in [-0.1, -0.05) is 30.8 Å². The third kappa shape index (κ3) is 3.16. The van der Waals surface area contributed by atoms with Crippen molar-refractivity contribution >= 4 is 0 Å². The molecule has 0 amide bonds. The number of aromatic nitrogens is 2. The van der Waals surface area contributed by atoms with Crippen LogP contribution >= 0.6 is 0 Å². The van der Waals surface area contributed by atoms with E-state index in [1.54, 1.807) is 0 Å². The first-order chi connectivity index (χ1) is 9.33. The molecule has 0 unspecified atom stereocenters. The Morgan fingerprint density at radius 1 is 0.842 bits per heavy atom. The van der Waals surface area contributed by atoms with Crippen LogP contribution in [0.15, 0.2) is 4.52 Å². The zero-order chi connectivity index (χ0) is 13.1. The molecule has 0 aliphatic heterocycles. The lowest BCUT2D eigenvalue weighted by Crippen LogP contribution is -2.25. The number of hydrogen-bond donors (Lipinski definition) is 1. The van der Waals surface area contributed by atoms with Gasteiger partial charge in [0.15, 0.2) is 5.82 Å². The third-order valence-electron chi connectivity index (χ3n) is 4.80. The van der Waals surface area contributed by atoms with Crippen LogP contribution in [-0.4, -0.2) is 16.2 Å². The number of rotatable bonds is 2. The molecule has 2 fully saturated rings. The molecule has 0 radical (unpaired) electrons. The van der Waals surface area contributed by atoms with Gasteiger partial charge >= 0.3 is 0 Å². The first-order valence-electron chi connectivity index (χ1n) is 7.92. The van der Waals surface area contributed by atoms with Gasteiger partial charge in [0.1, 0.15) is 0 Å². The lowest BCUT2D eigenvalue weighted by Gasteiger charge is -2.23. The molecule has 106 valence electrons.